The largest absolute Gasteiger partial charge is 0.494 e. The lowest BCUT2D eigenvalue weighted by atomic mass is 10.1. The van der Waals surface area contributed by atoms with E-state index in [4.69, 9.17) is 4.74 Å². The van der Waals surface area contributed by atoms with Crippen molar-refractivity contribution >= 4 is 11.6 Å². The number of nitro groups is 1. The highest BCUT2D eigenvalue weighted by atomic mass is 19.1. The Morgan fingerprint density at radius 2 is 2.00 bits per heavy atom. The minimum Gasteiger partial charge on any atom is -0.494 e. The predicted molar refractivity (Wildman–Crippen MR) is 81.9 cm³/mol. The molecule has 2 aromatic carbocycles. The van der Waals surface area contributed by atoms with Gasteiger partial charge in [0.15, 0.2) is 11.6 Å². The summed E-state index contributed by atoms with van der Waals surface area (Å²) in [5.41, 5.74) is 0.201. The van der Waals surface area contributed by atoms with Crippen LogP contribution >= 0.6 is 0 Å². The van der Waals surface area contributed by atoms with Crippen molar-refractivity contribution in [1.82, 2.24) is 5.32 Å². The number of para-hydroxylation sites is 1. The predicted octanol–water partition coefficient (Wildman–Crippen LogP) is 3.23. The molecule has 1 N–H and O–H groups in total. The molecule has 0 saturated heterocycles. The maximum atomic E-state index is 13.7. The van der Waals surface area contributed by atoms with Crippen LogP contribution in [0.15, 0.2) is 42.5 Å². The van der Waals surface area contributed by atoms with Crippen LogP contribution in [0.25, 0.3) is 0 Å². The number of nitro benzene ring substituents is 1. The van der Waals surface area contributed by atoms with E-state index in [1.54, 1.807) is 19.1 Å². The highest BCUT2D eigenvalue weighted by molar-refractivity contribution is 5.98. The highest BCUT2D eigenvalue weighted by Crippen LogP contribution is 2.23. The number of hydrogen-bond acceptors (Lipinski definition) is 4. The molecule has 0 aromatic heterocycles. The van der Waals surface area contributed by atoms with E-state index in [1.807, 2.05) is 0 Å². The molecule has 0 bridgehead atoms. The van der Waals surface area contributed by atoms with Gasteiger partial charge >= 0.3 is 0 Å². The Kier molecular flexibility index (Phi) is 4.90. The minimum absolute atomic E-state index is 0.0432. The number of benzene rings is 2. The maximum absolute atomic E-state index is 13.7. The number of nitrogens with one attached hydrogen (secondary N) is 1. The van der Waals surface area contributed by atoms with Crippen molar-refractivity contribution in [3.63, 3.8) is 0 Å². The van der Waals surface area contributed by atoms with Crippen LogP contribution in [-0.4, -0.2) is 17.9 Å². The molecular weight excluding hydrogens is 303 g/mol. The fraction of sp³-hybridized carbons (Fsp3) is 0.188. The standard InChI is InChI=1S/C16H15FN2O4/c1-10(11-7-8-15(23-2)13(17)9-11)18-16(20)12-5-3-4-6-14(12)19(21)22/h3-10H,1-2H3,(H,18,20). The fourth-order valence-corrected chi connectivity index (χ4v) is 2.13. The summed E-state index contributed by atoms with van der Waals surface area (Å²) in [7, 11) is 1.36. The Morgan fingerprint density at radius 1 is 1.30 bits per heavy atom. The zero-order valence-corrected chi connectivity index (χ0v) is 12.6. The lowest BCUT2D eigenvalue weighted by Gasteiger charge is -2.15. The number of ether oxygens (including phenoxy) is 1. The molecule has 0 aliphatic rings. The summed E-state index contributed by atoms with van der Waals surface area (Å²) in [5, 5.41) is 13.6. The molecule has 0 heterocycles. The first-order valence-corrected chi connectivity index (χ1v) is 6.81. The van der Waals surface area contributed by atoms with Crippen LogP contribution in [0.5, 0.6) is 5.75 Å². The van der Waals surface area contributed by atoms with Crippen molar-refractivity contribution in [2.45, 2.75) is 13.0 Å². The normalized spacial score (nSPS) is 11.6. The molecule has 0 aliphatic carbocycles. The Morgan fingerprint density at radius 3 is 2.61 bits per heavy atom. The van der Waals surface area contributed by atoms with Gasteiger partial charge < -0.3 is 10.1 Å². The zero-order valence-electron chi connectivity index (χ0n) is 12.6. The monoisotopic (exact) mass is 318 g/mol. The Bertz CT molecular complexity index is 749. The lowest BCUT2D eigenvalue weighted by Crippen LogP contribution is -2.27. The number of halogens is 1. The number of hydrogen-bond donors (Lipinski definition) is 1. The topological polar surface area (TPSA) is 81.5 Å². The van der Waals surface area contributed by atoms with Crippen molar-refractivity contribution in [3.8, 4) is 5.75 Å². The third-order valence-corrected chi connectivity index (χ3v) is 3.37. The molecule has 0 fully saturated rings. The zero-order chi connectivity index (χ0) is 17.0. The van der Waals surface area contributed by atoms with Gasteiger partial charge in [-0.2, -0.15) is 0 Å². The first-order chi connectivity index (χ1) is 10.9. The van der Waals surface area contributed by atoms with E-state index in [9.17, 15) is 19.3 Å². The molecule has 7 heteroatoms. The lowest BCUT2D eigenvalue weighted by molar-refractivity contribution is -0.385. The van der Waals surface area contributed by atoms with Crippen LogP contribution in [-0.2, 0) is 0 Å². The van der Waals surface area contributed by atoms with Gasteiger partial charge in [-0.05, 0) is 30.7 Å². The summed E-state index contributed by atoms with van der Waals surface area (Å²) in [4.78, 5) is 22.6. The summed E-state index contributed by atoms with van der Waals surface area (Å²) in [6.45, 7) is 1.66. The van der Waals surface area contributed by atoms with E-state index >= 15 is 0 Å². The van der Waals surface area contributed by atoms with Gasteiger partial charge in [0, 0.05) is 6.07 Å². The number of carbonyl (C=O) groups excluding carboxylic acids is 1. The van der Waals surface area contributed by atoms with E-state index in [2.05, 4.69) is 5.32 Å². The summed E-state index contributed by atoms with van der Waals surface area (Å²) in [5.74, 6) is -1.04. The summed E-state index contributed by atoms with van der Waals surface area (Å²) < 4.78 is 18.5. The Labute approximate surface area is 132 Å². The summed E-state index contributed by atoms with van der Waals surface area (Å²) in [6.07, 6.45) is 0. The molecule has 0 spiro atoms. The second-order valence-electron chi connectivity index (χ2n) is 4.86. The van der Waals surface area contributed by atoms with Gasteiger partial charge in [-0.15, -0.1) is 0 Å². The molecule has 23 heavy (non-hydrogen) atoms. The van der Waals surface area contributed by atoms with Gasteiger partial charge in [0.05, 0.1) is 18.1 Å². The van der Waals surface area contributed by atoms with Crippen LogP contribution in [0.4, 0.5) is 10.1 Å². The molecule has 0 saturated carbocycles. The molecule has 0 radical (unpaired) electrons. The van der Waals surface area contributed by atoms with E-state index in [-0.39, 0.29) is 17.0 Å². The van der Waals surface area contributed by atoms with Gasteiger partial charge in [0.25, 0.3) is 11.6 Å². The SMILES string of the molecule is COc1ccc(C(C)NC(=O)c2ccccc2[N+](=O)[O-])cc1F. The molecule has 1 unspecified atom stereocenters. The molecule has 0 aliphatic heterocycles. The molecule has 2 rings (SSSR count). The van der Waals surface area contributed by atoms with Crippen LogP contribution in [0, 0.1) is 15.9 Å². The van der Waals surface area contributed by atoms with Gasteiger partial charge in [0.2, 0.25) is 0 Å². The van der Waals surface area contributed by atoms with E-state index < -0.39 is 22.7 Å². The second-order valence-corrected chi connectivity index (χ2v) is 4.86. The first kappa shape index (κ1) is 16.4. The van der Waals surface area contributed by atoms with Crippen LogP contribution in [0.2, 0.25) is 0 Å². The van der Waals surface area contributed by atoms with Crippen molar-refractivity contribution in [3.05, 3.63) is 69.5 Å². The molecule has 120 valence electrons. The molecule has 6 nitrogen and oxygen atoms in total. The number of carbonyl (C=O) groups is 1. The number of rotatable bonds is 5. The third kappa shape index (κ3) is 3.63. The molecule has 1 amide bonds. The summed E-state index contributed by atoms with van der Waals surface area (Å²) >= 11 is 0. The van der Waals surface area contributed by atoms with Crippen LogP contribution < -0.4 is 10.1 Å². The van der Waals surface area contributed by atoms with Gasteiger partial charge in [-0.1, -0.05) is 18.2 Å². The van der Waals surface area contributed by atoms with Crippen molar-refractivity contribution < 1.29 is 18.8 Å². The van der Waals surface area contributed by atoms with Crippen LogP contribution in [0.3, 0.4) is 0 Å². The summed E-state index contributed by atoms with van der Waals surface area (Å²) in [6, 6.07) is 9.45. The third-order valence-electron chi connectivity index (χ3n) is 3.37. The Hall–Kier alpha value is -2.96. The van der Waals surface area contributed by atoms with E-state index in [0.29, 0.717) is 5.56 Å². The number of methoxy groups -OCH3 is 1. The van der Waals surface area contributed by atoms with Gasteiger partial charge in [0.1, 0.15) is 5.56 Å². The number of nitrogens with zero attached hydrogens (tertiary/aromatic N) is 1. The van der Waals surface area contributed by atoms with Crippen molar-refractivity contribution in [1.29, 1.82) is 0 Å². The average Bonchev–Trinajstić information content (AvgIpc) is 2.54. The van der Waals surface area contributed by atoms with Crippen LogP contribution in [0.1, 0.15) is 28.9 Å². The molecule has 1 atom stereocenters. The van der Waals surface area contributed by atoms with Gasteiger partial charge in [-0.3, -0.25) is 14.9 Å². The molecule has 2 aromatic rings. The van der Waals surface area contributed by atoms with E-state index in [1.165, 1.54) is 37.4 Å². The first-order valence-electron chi connectivity index (χ1n) is 6.81. The second kappa shape index (κ2) is 6.87. The average molecular weight is 318 g/mol. The smallest absolute Gasteiger partial charge is 0.282 e. The quantitative estimate of drug-likeness (QED) is 0.678. The fourth-order valence-electron chi connectivity index (χ4n) is 2.13. The highest BCUT2D eigenvalue weighted by Gasteiger charge is 2.21. The van der Waals surface area contributed by atoms with Crippen molar-refractivity contribution in [2.24, 2.45) is 0 Å². The minimum atomic E-state index is -0.618. The van der Waals surface area contributed by atoms with E-state index in [0.717, 1.165) is 0 Å². The molecular formula is C16H15FN2O4. The van der Waals surface area contributed by atoms with Crippen molar-refractivity contribution in [2.75, 3.05) is 7.11 Å². The Balaban J connectivity index is 2.20. The maximum Gasteiger partial charge on any atom is 0.282 e. The van der Waals surface area contributed by atoms with Gasteiger partial charge in [-0.25, -0.2) is 4.39 Å². The number of amides is 1.